The zero-order valence-corrected chi connectivity index (χ0v) is 13.9. The molecule has 1 aromatic rings. The molecular formula is C18H27N3O2. The molecule has 5 heteroatoms. The van der Waals surface area contributed by atoms with Crippen molar-refractivity contribution in [1.82, 2.24) is 14.7 Å². The van der Waals surface area contributed by atoms with E-state index >= 15 is 0 Å². The molecule has 0 spiro atoms. The summed E-state index contributed by atoms with van der Waals surface area (Å²) in [6.07, 6.45) is 1.44. The van der Waals surface area contributed by atoms with E-state index in [1.165, 1.54) is 5.56 Å². The van der Waals surface area contributed by atoms with Gasteiger partial charge in [0.2, 0.25) is 0 Å². The van der Waals surface area contributed by atoms with Crippen molar-refractivity contribution in [3.05, 3.63) is 35.9 Å². The molecule has 2 aliphatic rings. The van der Waals surface area contributed by atoms with Gasteiger partial charge in [0.15, 0.2) is 0 Å². The summed E-state index contributed by atoms with van der Waals surface area (Å²) >= 11 is 0. The molecule has 0 aromatic heterocycles. The normalized spacial score (nSPS) is 23.7. The molecular weight excluding hydrogens is 290 g/mol. The number of piperidine rings is 1. The quantitative estimate of drug-likeness (QED) is 0.908. The molecule has 126 valence electrons. The minimum atomic E-state index is -0.658. The summed E-state index contributed by atoms with van der Waals surface area (Å²) in [4.78, 5) is 18.9. The van der Waals surface area contributed by atoms with Gasteiger partial charge in [-0.2, -0.15) is 0 Å². The number of benzene rings is 1. The molecule has 23 heavy (non-hydrogen) atoms. The average molecular weight is 317 g/mol. The molecule has 0 atom stereocenters. The molecule has 0 aliphatic carbocycles. The van der Waals surface area contributed by atoms with Gasteiger partial charge < -0.3 is 10.0 Å². The van der Waals surface area contributed by atoms with Crippen LogP contribution < -0.4 is 0 Å². The smallest absolute Gasteiger partial charge is 0.324 e. The lowest BCUT2D eigenvalue weighted by atomic mass is 9.85. The molecule has 1 N–H and O–H groups in total. The number of hydrogen-bond donors (Lipinski definition) is 1. The summed E-state index contributed by atoms with van der Waals surface area (Å²) in [7, 11) is 2.10. The summed E-state index contributed by atoms with van der Waals surface area (Å²) in [5, 5.41) is 9.91. The fraction of sp³-hybridized carbons (Fsp3) is 0.611. The maximum atomic E-state index is 12.0. The number of carboxylic acid groups (broad SMARTS) is 1. The van der Waals surface area contributed by atoms with Crippen LogP contribution in [0.4, 0.5) is 0 Å². The fourth-order valence-corrected chi connectivity index (χ4v) is 3.82. The standard InChI is InChI=1S/C18H27N3O2/c1-19-11-13-21(14-12-19)18(17(22)23)7-9-20(10-8-18)15-16-5-3-2-4-6-16/h2-6H,7-15H2,1H3,(H,22,23). The third-order valence-corrected chi connectivity index (χ3v) is 5.44. The lowest BCUT2D eigenvalue weighted by Gasteiger charge is -2.48. The molecule has 1 aromatic carbocycles. The maximum absolute atomic E-state index is 12.0. The summed E-state index contributed by atoms with van der Waals surface area (Å²) in [6.45, 7) is 6.27. The molecule has 2 fully saturated rings. The Labute approximate surface area is 138 Å². The Balaban J connectivity index is 1.63. The van der Waals surface area contributed by atoms with Gasteiger partial charge in [-0.25, -0.2) is 0 Å². The Bertz CT molecular complexity index is 518. The van der Waals surface area contributed by atoms with E-state index in [9.17, 15) is 9.90 Å². The van der Waals surface area contributed by atoms with Crippen LogP contribution in [0, 0.1) is 0 Å². The van der Waals surface area contributed by atoms with Gasteiger partial charge in [-0.3, -0.25) is 14.6 Å². The van der Waals surface area contributed by atoms with Gasteiger partial charge in [-0.05, 0) is 25.5 Å². The number of carbonyl (C=O) groups is 1. The van der Waals surface area contributed by atoms with Gasteiger partial charge in [0.25, 0.3) is 0 Å². The average Bonchev–Trinajstić information content (AvgIpc) is 2.57. The molecule has 2 saturated heterocycles. The highest BCUT2D eigenvalue weighted by Gasteiger charge is 2.46. The van der Waals surface area contributed by atoms with Crippen LogP contribution in [0.2, 0.25) is 0 Å². The van der Waals surface area contributed by atoms with Crippen LogP contribution >= 0.6 is 0 Å². The number of piperazine rings is 1. The van der Waals surface area contributed by atoms with Crippen LogP contribution in [-0.4, -0.2) is 77.6 Å². The monoisotopic (exact) mass is 317 g/mol. The van der Waals surface area contributed by atoms with E-state index in [-0.39, 0.29) is 0 Å². The van der Waals surface area contributed by atoms with Gasteiger partial charge in [-0.1, -0.05) is 30.3 Å². The van der Waals surface area contributed by atoms with Crippen molar-refractivity contribution in [2.45, 2.75) is 24.9 Å². The van der Waals surface area contributed by atoms with E-state index in [4.69, 9.17) is 0 Å². The first-order valence-electron chi connectivity index (χ1n) is 8.53. The highest BCUT2D eigenvalue weighted by molar-refractivity contribution is 5.79. The van der Waals surface area contributed by atoms with E-state index in [2.05, 4.69) is 46.0 Å². The number of rotatable bonds is 4. The highest BCUT2D eigenvalue weighted by atomic mass is 16.4. The van der Waals surface area contributed by atoms with Crippen LogP contribution in [0.5, 0.6) is 0 Å². The van der Waals surface area contributed by atoms with Gasteiger partial charge in [0.05, 0.1) is 0 Å². The second-order valence-corrected chi connectivity index (χ2v) is 6.89. The number of likely N-dealkylation sites (tertiary alicyclic amines) is 1. The first-order chi connectivity index (χ1) is 11.1. The molecule has 0 amide bonds. The number of nitrogens with zero attached hydrogens (tertiary/aromatic N) is 3. The molecule has 0 unspecified atom stereocenters. The third kappa shape index (κ3) is 3.57. The SMILES string of the molecule is CN1CCN(C2(C(=O)O)CCN(Cc3ccccc3)CC2)CC1. The maximum Gasteiger partial charge on any atom is 0.324 e. The van der Waals surface area contributed by atoms with Gasteiger partial charge in [0.1, 0.15) is 5.54 Å². The van der Waals surface area contributed by atoms with E-state index in [0.717, 1.165) is 58.7 Å². The minimum absolute atomic E-state index is 0.638. The Morgan fingerprint density at radius 1 is 1.04 bits per heavy atom. The van der Waals surface area contributed by atoms with Crippen LogP contribution in [0.25, 0.3) is 0 Å². The second kappa shape index (κ2) is 6.99. The zero-order chi connectivity index (χ0) is 16.3. The molecule has 5 nitrogen and oxygen atoms in total. The third-order valence-electron chi connectivity index (χ3n) is 5.44. The van der Waals surface area contributed by atoms with Gasteiger partial charge in [-0.15, -0.1) is 0 Å². The largest absolute Gasteiger partial charge is 0.480 e. The summed E-state index contributed by atoms with van der Waals surface area (Å²) in [5.74, 6) is -0.638. The lowest BCUT2D eigenvalue weighted by Crippen LogP contribution is -2.63. The first-order valence-corrected chi connectivity index (χ1v) is 8.53. The van der Waals surface area contributed by atoms with Crippen molar-refractivity contribution < 1.29 is 9.90 Å². The number of carboxylic acids is 1. The van der Waals surface area contributed by atoms with E-state index < -0.39 is 11.5 Å². The molecule has 0 radical (unpaired) electrons. The van der Waals surface area contributed by atoms with E-state index in [1.807, 2.05) is 6.07 Å². The predicted molar refractivity (Wildman–Crippen MR) is 90.4 cm³/mol. The van der Waals surface area contributed by atoms with Crippen LogP contribution in [0.1, 0.15) is 18.4 Å². The molecule has 0 saturated carbocycles. The fourth-order valence-electron chi connectivity index (χ4n) is 3.82. The lowest BCUT2D eigenvalue weighted by molar-refractivity contribution is -0.157. The predicted octanol–water partition coefficient (Wildman–Crippen LogP) is 1.35. The summed E-state index contributed by atoms with van der Waals surface area (Å²) in [6, 6.07) is 10.4. The minimum Gasteiger partial charge on any atom is -0.480 e. The molecule has 3 rings (SSSR count). The Hall–Kier alpha value is -1.43. The summed E-state index contributed by atoms with van der Waals surface area (Å²) in [5.41, 5.74) is 0.643. The zero-order valence-electron chi connectivity index (χ0n) is 13.9. The van der Waals surface area contributed by atoms with Crippen molar-refractivity contribution in [3.8, 4) is 0 Å². The van der Waals surface area contributed by atoms with Crippen molar-refractivity contribution in [2.24, 2.45) is 0 Å². The van der Waals surface area contributed by atoms with Crippen molar-refractivity contribution in [3.63, 3.8) is 0 Å². The van der Waals surface area contributed by atoms with Crippen molar-refractivity contribution >= 4 is 5.97 Å². The Kier molecular flexibility index (Phi) is 4.99. The molecule has 2 heterocycles. The number of likely N-dealkylation sites (N-methyl/N-ethyl adjacent to an activating group) is 1. The Morgan fingerprint density at radius 2 is 1.65 bits per heavy atom. The topological polar surface area (TPSA) is 47.0 Å². The van der Waals surface area contributed by atoms with Crippen LogP contribution in [0.3, 0.4) is 0 Å². The highest BCUT2D eigenvalue weighted by Crippen LogP contribution is 2.31. The van der Waals surface area contributed by atoms with E-state index in [1.54, 1.807) is 0 Å². The molecule has 0 bridgehead atoms. The van der Waals surface area contributed by atoms with E-state index in [0.29, 0.717) is 0 Å². The molecule has 2 aliphatic heterocycles. The second-order valence-electron chi connectivity index (χ2n) is 6.89. The Morgan fingerprint density at radius 3 is 2.22 bits per heavy atom. The van der Waals surface area contributed by atoms with Gasteiger partial charge >= 0.3 is 5.97 Å². The van der Waals surface area contributed by atoms with Crippen LogP contribution in [0.15, 0.2) is 30.3 Å². The van der Waals surface area contributed by atoms with Crippen molar-refractivity contribution in [1.29, 1.82) is 0 Å². The first kappa shape index (κ1) is 16.4. The number of aliphatic carboxylic acids is 1. The summed E-state index contributed by atoms with van der Waals surface area (Å²) < 4.78 is 0. The number of hydrogen-bond acceptors (Lipinski definition) is 4. The van der Waals surface area contributed by atoms with Gasteiger partial charge in [0, 0.05) is 45.8 Å². The van der Waals surface area contributed by atoms with Crippen LogP contribution in [-0.2, 0) is 11.3 Å². The van der Waals surface area contributed by atoms with Crippen molar-refractivity contribution in [2.75, 3.05) is 46.3 Å².